The Labute approximate surface area is 348 Å². The number of hydrogen-bond donors (Lipinski definition) is 1. The van der Waals surface area contributed by atoms with E-state index in [0.29, 0.717) is 75.6 Å². The lowest BCUT2D eigenvalue weighted by Gasteiger charge is -2.41. The van der Waals surface area contributed by atoms with Gasteiger partial charge in [-0.05, 0) is 68.5 Å². The molecule has 1 aromatic carbocycles. The first-order valence-corrected chi connectivity index (χ1v) is 24.0. The molecule has 1 N–H and O–H groups in total. The Morgan fingerprint density at radius 1 is 0.983 bits per heavy atom. The number of thiophene rings is 1. The Kier molecular flexibility index (Phi) is 14.9. The second kappa shape index (κ2) is 19.4. The van der Waals surface area contributed by atoms with Crippen LogP contribution < -0.4 is 5.32 Å². The molecule has 0 saturated carbocycles. The molecule has 3 aliphatic rings. The van der Waals surface area contributed by atoms with Crippen molar-refractivity contribution in [2.75, 3.05) is 37.8 Å². The third kappa shape index (κ3) is 9.86. The normalized spacial score (nSPS) is 20.2. The van der Waals surface area contributed by atoms with Crippen molar-refractivity contribution in [3.05, 3.63) is 46.9 Å². The Bertz CT molecular complexity index is 2010. The summed E-state index contributed by atoms with van der Waals surface area (Å²) in [5.41, 5.74) is -4.78. The van der Waals surface area contributed by atoms with Crippen LogP contribution in [0.5, 0.6) is 0 Å². The number of carbonyl (C=O) groups is 5. The SMILES string of the molecule is CCCC(=O)SCCOP(=O)(OCCSC(=O)CCC)C(F)(F)c1ccc2sc(C(=O)N[C@H]3CCC[C@H]4CC[C@@H](C(=O)N5CC(c6nncn6C)C5)N4C3=O)cc2c1. The summed E-state index contributed by atoms with van der Waals surface area (Å²) in [7, 11) is -3.34. The van der Waals surface area contributed by atoms with Crippen molar-refractivity contribution in [2.24, 2.45) is 7.05 Å². The lowest BCUT2D eigenvalue weighted by Crippen LogP contribution is -2.58. The van der Waals surface area contributed by atoms with Crippen molar-refractivity contribution in [3.8, 4) is 0 Å². The molecule has 0 spiro atoms. The van der Waals surface area contributed by atoms with Gasteiger partial charge in [0.1, 0.15) is 24.2 Å². The van der Waals surface area contributed by atoms with Gasteiger partial charge in [-0.1, -0.05) is 43.4 Å². The van der Waals surface area contributed by atoms with Gasteiger partial charge in [0.05, 0.1) is 24.0 Å². The fourth-order valence-electron chi connectivity index (χ4n) is 7.54. The van der Waals surface area contributed by atoms with Crippen LogP contribution in [-0.4, -0.2) is 108 Å². The van der Waals surface area contributed by atoms with Crippen molar-refractivity contribution in [1.82, 2.24) is 29.9 Å². The minimum atomic E-state index is -5.20. The summed E-state index contributed by atoms with van der Waals surface area (Å²) in [6.45, 7) is 3.80. The fraction of sp³-hybridized carbons (Fsp3) is 0.605. The number of halogens is 2. The maximum atomic E-state index is 16.3. The highest BCUT2D eigenvalue weighted by Crippen LogP contribution is 2.67. The number of hydrogen-bond acceptors (Lipinski definition) is 13. The second-order valence-electron chi connectivity index (χ2n) is 14.7. The van der Waals surface area contributed by atoms with E-state index < -0.39 is 50.0 Å². The number of amides is 3. The number of rotatable bonds is 18. The van der Waals surface area contributed by atoms with Crippen LogP contribution in [0.3, 0.4) is 0 Å². The molecule has 5 heterocycles. The maximum Gasteiger partial charge on any atom is 0.404 e. The van der Waals surface area contributed by atoms with E-state index >= 15 is 8.78 Å². The van der Waals surface area contributed by atoms with Gasteiger partial charge < -0.3 is 28.7 Å². The summed E-state index contributed by atoms with van der Waals surface area (Å²) in [5, 5.41) is 11.0. The van der Waals surface area contributed by atoms with Gasteiger partial charge >= 0.3 is 13.3 Å². The maximum absolute atomic E-state index is 16.3. The molecule has 0 aliphatic carbocycles. The van der Waals surface area contributed by atoms with Gasteiger partial charge in [-0.25, -0.2) is 0 Å². The summed E-state index contributed by atoms with van der Waals surface area (Å²) < 4.78 is 59.3. The number of nitrogens with zero attached hydrogens (tertiary/aromatic N) is 5. The molecule has 0 radical (unpaired) electrons. The van der Waals surface area contributed by atoms with Crippen LogP contribution in [0.1, 0.15) is 98.6 Å². The van der Waals surface area contributed by atoms with E-state index in [1.807, 2.05) is 25.5 Å². The molecule has 3 aliphatic heterocycles. The van der Waals surface area contributed by atoms with Crippen LogP contribution in [-0.2, 0) is 45.5 Å². The van der Waals surface area contributed by atoms with Crippen LogP contribution in [0.25, 0.3) is 10.1 Å². The molecule has 0 unspecified atom stereocenters. The highest BCUT2D eigenvalue weighted by molar-refractivity contribution is 8.13. The number of aryl methyl sites for hydroxylation is 1. The molecule has 20 heteroatoms. The van der Waals surface area contributed by atoms with Crippen molar-refractivity contribution >= 4 is 80.5 Å². The highest BCUT2D eigenvalue weighted by Gasteiger charge is 2.55. The number of benzene rings is 1. The molecule has 14 nitrogen and oxygen atoms in total. The highest BCUT2D eigenvalue weighted by atomic mass is 32.2. The molecule has 3 saturated heterocycles. The predicted molar refractivity (Wildman–Crippen MR) is 219 cm³/mol. The van der Waals surface area contributed by atoms with E-state index in [0.717, 1.165) is 52.8 Å². The van der Waals surface area contributed by atoms with Gasteiger partial charge in [0, 0.05) is 60.8 Å². The standard InChI is InChI=1S/C38H49F2N6O8PS3/c1-4-7-32(47)56-17-15-53-55(52,54-16-18-57-33(48)8-5-2)38(39,40)26-11-14-30-24(19-26)20-31(58-30)35(49)42-28-10-6-9-27-12-13-29(46(27)36(28)50)37(51)45-21-25(22-45)34-43-41-23-44(34)3/h11,14,19-20,23,25,27-29H,4-10,12-13,15-18,21-22H2,1-3H3,(H,42,49)/t27-,28-,29-/m0/s1. The number of carbonyl (C=O) groups excluding carboxylic acids is 5. The minimum Gasteiger partial charge on any atom is -0.340 e. The Balaban J connectivity index is 1.12. The molecule has 316 valence electrons. The molecule has 58 heavy (non-hydrogen) atoms. The lowest BCUT2D eigenvalue weighted by molar-refractivity contribution is -0.148. The van der Waals surface area contributed by atoms with E-state index in [1.165, 1.54) is 12.1 Å². The van der Waals surface area contributed by atoms with Crippen LogP contribution >= 0.6 is 42.5 Å². The zero-order valence-electron chi connectivity index (χ0n) is 32.7. The average Bonchev–Trinajstić information content (AvgIpc) is 3.90. The number of fused-ring (bicyclic) bond motifs is 2. The first-order valence-electron chi connectivity index (χ1n) is 19.6. The van der Waals surface area contributed by atoms with E-state index in [1.54, 1.807) is 16.1 Å². The van der Waals surface area contributed by atoms with Crippen molar-refractivity contribution < 1.29 is 46.4 Å². The summed E-state index contributed by atoms with van der Waals surface area (Å²) in [6, 6.07) is 3.49. The molecule has 3 aromatic rings. The van der Waals surface area contributed by atoms with E-state index in [9.17, 15) is 28.5 Å². The summed E-state index contributed by atoms with van der Waals surface area (Å²) >= 11 is 2.86. The largest absolute Gasteiger partial charge is 0.404 e. The van der Waals surface area contributed by atoms with Crippen molar-refractivity contribution in [3.63, 3.8) is 0 Å². The molecular formula is C38H49F2N6O8PS3. The van der Waals surface area contributed by atoms with Crippen molar-refractivity contribution in [2.45, 2.75) is 101 Å². The quantitative estimate of drug-likeness (QED) is 0.106. The number of alkyl halides is 2. The Morgan fingerprint density at radius 3 is 2.28 bits per heavy atom. The molecule has 2 aromatic heterocycles. The predicted octanol–water partition coefficient (Wildman–Crippen LogP) is 6.69. The topological polar surface area (TPSA) is 170 Å². The first-order chi connectivity index (χ1) is 27.8. The zero-order chi connectivity index (χ0) is 41.6. The van der Waals surface area contributed by atoms with Crippen molar-refractivity contribution in [1.29, 1.82) is 0 Å². The van der Waals surface area contributed by atoms with Crippen LogP contribution in [0.2, 0.25) is 0 Å². The molecule has 3 fully saturated rings. The third-order valence-electron chi connectivity index (χ3n) is 10.5. The molecular weight excluding hydrogens is 834 g/mol. The monoisotopic (exact) mass is 882 g/mol. The van der Waals surface area contributed by atoms with E-state index in [-0.39, 0.29) is 55.8 Å². The van der Waals surface area contributed by atoms with Crippen LogP contribution in [0.4, 0.5) is 8.78 Å². The summed E-state index contributed by atoms with van der Waals surface area (Å²) in [6.07, 6.45) is 6.52. The molecule has 0 bridgehead atoms. The van der Waals surface area contributed by atoms with Crippen LogP contribution in [0.15, 0.2) is 30.6 Å². The van der Waals surface area contributed by atoms with Gasteiger partial charge in [-0.15, -0.1) is 21.5 Å². The summed E-state index contributed by atoms with van der Waals surface area (Å²) in [5.74, 6) is -0.0959. The van der Waals surface area contributed by atoms with E-state index in [2.05, 4.69) is 15.5 Å². The number of thioether (sulfide) groups is 2. The average molecular weight is 883 g/mol. The molecule has 3 atom stereocenters. The smallest absolute Gasteiger partial charge is 0.340 e. The number of likely N-dealkylation sites (tertiary alicyclic amines) is 1. The Hall–Kier alpha value is -3.22. The zero-order valence-corrected chi connectivity index (χ0v) is 36.1. The molecule has 3 amide bonds. The van der Waals surface area contributed by atoms with Gasteiger partial charge in [-0.3, -0.25) is 28.5 Å². The number of aromatic nitrogens is 3. The van der Waals surface area contributed by atoms with Gasteiger partial charge in [0.2, 0.25) is 11.8 Å². The minimum absolute atomic E-state index is 0.00350. The summed E-state index contributed by atoms with van der Waals surface area (Å²) in [4.78, 5) is 68.9. The lowest BCUT2D eigenvalue weighted by atomic mass is 9.97. The van der Waals surface area contributed by atoms with Gasteiger partial charge in [-0.2, -0.15) is 8.78 Å². The number of nitrogens with one attached hydrogen (secondary N) is 1. The Morgan fingerprint density at radius 2 is 1.66 bits per heavy atom. The third-order valence-corrected chi connectivity index (χ3v) is 15.4. The van der Waals surface area contributed by atoms with Crippen LogP contribution in [0, 0.1) is 0 Å². The van der Waals surface area contributed by atoms with E-state index in [4.69, 9.17) is 9.05 Å². The molecule has 6 rings (SSSR count). The second-order valence-corrected chi connectivity index (χ2v) is 20.2. The van der Waals surface area contributed by atoms with Gasteiger partial charge in [0.25, 0.3) is 5.91 Å². The fourth-order valence-corrected chi connectivity index (χ4v) is 11.7. The van der Waals surface area contributed by atoms with Gasteiger partial charge in [0.15, 0.2) is 10.2 Å². The first kappa shape index (κ1) is 44.3.